The lowest BCUT2D eigenvalue weighted by molar-refractivity contribution is 0.301. The topological polar surface area (TPSA) is 49.5 Å². The molecule has 0 aromatic heterocycles. The van der Waals surface area contributed by atoms with Crippen molar-refractivity contribution in [1.29, 1.82) is 0 Å². The molecule has 0 radical (unpaired) electrons. The van der Waals surface area contributed by atoms with E-state index in [1.54, 1.807) is 13.0 Å². The van der Waals surface area contributed by atoms with Crippen molar-refractivity contribution in [3.05, 3.63) is 29.6 Å². The Hall–Kier alpha value is -1.13. The lowest BCUT2D eigenvalue weighted by Crippen LogP contribution is -2.30. The highest BCUT2D eigenvalue weighted by atomic mass is 19.1. The zero-order valence-electron chi connectivity index (χ0n) is 11.2. The van der Waals surface area contributed by atoms with Crippen LogP contribution in [0.2, 0.25) is 0 Å². The standard InChI is InChI=1S/C14H23FN2O/c1-3-4-8-17(9-10-18)13-7-5-6-12(15)14(13)11(2)16/h5-7,11,18H,3-4,8-10,16H2,1-2H3/t11-/m1/s1. The molecule has 1 rings (SSSR count). The summed E-state index contributed by atoms with van der Waals surface area (Å²) in [7, 11) is 0. The summed E-state index contributed by atoms with van der Waals surface area (Å²) >= 11 is 0. The summed E-state index contributed by atoms with van der Waals surface area (Å²) < 4.78 is 13.9. The van der Waals surface area contributed by atoms with Crippen LogP contribution in [0.15, 0.2) is 18.2 Å². The van der Waals surface area contributed by atoms with Crippen LogP contribution in [0.5, 0.6) is 0 Å². The average Bonchev–Trinajstić information content (AvgIpc) is 2.33. The van der Waals surface area contributed by atoms with Gasteiger partial charge < -0.3 is 15.7 Å². The molecule has 1 aromatic rings. The maximum atomic E-state index is 13.9. The summed E-state index contributed by atoms with van der Waals surface area (Å²) in [5.41, 5.74) is 7.18. The number of anilines is 1. The van der Waals surface area contributed by atoms with Crippen LogP contribution in [0.25, 0.3) is 0 Å². The predicted octanol–water partition coefficient (Wildman–Crippen LogP) is 2.44. The van der Waals surface area contributed by atoms with E-state index in [0.29, 0.717) is 12.1 Å². The lowest BCUT2D eigenvalue weighted by Gasteiger charge is -2.27. The van der Waals surface area contributed by atoms with Crippen LogP contribution in [0.3, 0.4) is 0 Å². The van der Waals surface area contributed by atoms with Gasteiger partial charge >= 0.3 is 0 Å². The van der Waals surface area contributed by atoms with Crippen molar-refractivity contribution in [1.82, 2.24) is 0 Å². The minimum atomic E-state index is -0.357. The van der Waals surface area contributed by atoms with Gasteiger partial charge in [-0.3, -0.25) is 0 Å². The van der Waals surface area contributed by atoms with Crippen molar-refractivity contribution in [3.63, 3.8) is 0 Å². The zero-order chi connectivity index (χ0) is 13.5. The fraction of sp³-hybridized carbons (Fsp3) is 0.571. The second-order valence-corrected chi connectivity index (χ2v) is 4.53. The van der Waals surface area contributed by atoms with E-state index in [1.165, 1.54) is 6.07 Å². The summed E-state index contributed by atoms with van der Waals surface area (Å²) in [5, 5.41) is 9.13. The fourth-order valence-corrected chi connectivity index (χ4v) is 2.07. The monoisotopic (exact) mass is 254 g/mol. The molecular weight excluding hydrogens is 231 g/mol. The number of nitrogens with two attached hydrogens (primary N) is 1. The van der Waals surface area contributed by atoms with Crippen LogP contribution in [-0.4, -0.2) is 24.8 Å². The molecule has 3 N–H and O–H groups in total. The van der Waals surface area contributed by atoms with Crippen LogP contribution in [0.4, 0.5) is 10.1 Å². The molecule has 0 aliphatic carbocycles. The minimum Gasteiger partial charge on any atom is -0.395 e. The van der Waals surface area contributed by atoms with Gasteiger partial charge in [0.2, 0.25) is 0 Å². The van der Waals surface area contributed by atoms with Crippen LogP contribution in [-0.2, 0) is 0 Å². The highest BCUT2D eigenvalue weighted by molar-refractivity contribution is 5.55. The molecule has 0 saturated heterocycles. The van der Waals surface area contributed by atoms with Crippen molar-refractivity contribution in [2.75, 3.05) is 24.6 Å². The molecule has 102 valence electrons. The van der Waals surface area contributed by atoms with Gasteiger partial charge in [0.05, 0.1) is 6.61 Å². The highest BCUT2D eigenvalue weighted by Crippen LogP contribution is 2.28. The average molecular weight is 254 g/mol. The predicted molar refractivity (Wildman–Crippen MR) is 73.2 cm³/mol. The molecule has 0 unspecified atom stereocenters. The summed E-state index contributed by atoms with van der Waals surface area (Å²) in [6.45, 7) is 5.25. The van der Waals surface area contributed by atoms with Crippen molar-refractivity contribution in [2.24, 2.45) is 5.73 Å². The Bertz CT molecular complexity index is 369. The minimum absolute atomic E-state index is 0.0542. The van der Waals surface area contributed by atoms with Gasteiger partial charge in [-0.05, 0) is 25.5 Å². The van der Waals surface area contributed by atoms with Gasteiger partial charge in [-0.15, -0.1) is 0 Å². The number of aliphatic hydroxyl groups is 1. The maximum Gasteiger partial charge on any atom is 0.130 e. The third kappa shape index (κ3) is 3.68. The number of unbranched alkanes of at least 4 members (excludes halogenated alkanes) is 1. The molecule has 0 bridgehead atoms. The van der Waals surface area contributed by atoms with E-state index < -0.39 is 0 Å². The van der Waals surface area contributed by atoms with Crippen LogP contribution in [0, 0.1) is 5.82 Å². The number of nitrogens with zero attached hydrogens (tertiary/aromatic N) is 1. The Morgan fingerprint density at radius 1 is 1.39 bits per heavy atom. The Labute approximate surface area is 108 Å². The SMILES string of the molecule is CCCCN(CCO)c1cccc(F)c1[C@@H](C)N. The van der Waals surface area contributed by atoms with Crippen molar-refractivity contribution in [2.45, 2.75) is 32.7 Å². The molecule has 18 heavy (non-hydrogen) atoms. The van der Waals surface area contributed by atoms with Crippen LogP contribution >= 0.6 is 0 Å². The lowest BCUT2D eigenvalue weighted by atomic mass is 10.0. The number of hydrogen-bond donors (Lipinski definition) is 2. The Balaban J connectivity index is 3.06. The third-order valence-corrected chi connectivity index (χ3v) is 2.98. The van der Waals surface area contributed by atoms with Crippen molar-refractivity contribution < 1.29 is 9.50 Å². The molecule has 0 fully saturated rings. The summed E-state index contributed by atoms with van der Waals surface area (Å²) in [6, 6.07) is 4.63. The first kappa shape index (κ1) is 14.9. The van der Waals surface area contributed by atoms with Crippen LogP contribution < -0.4 is 10.6 Å². The van der Waals surface area contributed by atoms with Gasteiger partial charge in [0.15, 0.2) is 0 Å². The van der Waals surface area contributed by atoms with Gasteiger partial charge in [-0.25, -0.2) is 4.39 Å². The Morgan fingerprint density at radius 3 is 2.67 bits per heavy atom. The fourth-order valence-electron chi connectivity index (χ4n) is 2.07. The number of rotatable bonds is 7. The van der Waals surface area contributed by atoms with Crippen LogP contribution in [0.1, 0.15) is 38.3 Å². The summed E-state index contributed by atoms with van der Waals surface area (Å²) in [6.07, 6.45) is 2.07. The Morgan fingerprint density at radius 2 is 2.11 bits per heavy atom. The van der Waals surface area contributed by atoms with Gasteiger partial charge in [0.25, 0.3) is 0 Å². The molecule has 0 heterocycles. The normalized spacial score (nSPS) is 12.5. The van der Waals surface area contributed by atoms with Gasteiger partial charge in [-0.1, -0.05) is 19.4 Å². The summed E-state index contributed by atoms with van der Waals surface area (Å²) in [5.74, 6) is -0.276. The molecule has 1 atom stereocenters. The zero-order valence-corrected chi connectivity index (χ0v) is 11.2. The second kappa shape index (κ2) is 7.34. The van der Waals surface area contributed by atoms with E-state index in [9.17, 15) is 4.39 Å². The largest absolute Gasteiger partial charge is 0.395 e. The second-order valence-electron chi connectivity index (χ2n) is 4.53. The van der Waals surface area contributed by atoms with E-state index in [1.807, 2.05) is 11.0 Å². The van der Waals surface area contributed by atoms with Gasteiger partial charge in [0.1, 0.15) is 5.82 Å². The number of halogens is 1. The molecule has 4 heteroatoms. The highest BCUT2D eigenvalue weighted by Gasteiger charge is 2.16. The molecule has 3 nitrogen and oxygen atoms in total. The third-order valence-electron chi connectivity index (χ3n) is 2.98. The molecule has 0 saturated carbocycles. The molecular formula is C14H23FN2O. The van der Waals surface area contributed by atoms with Gasteiger partial charge in [-0.2, -0.15) is 0 Å². The van der Waals surface area contributed by atoms with Crippen molar-refractivity contribution in [3.8, 4) is 0 Å². The first-order valence-corrected chi connectivity index (χ1v) is 6.51. The number of hydrogen-bond acceptors (Lipinski definition) is 3. The molecule has 0 amide bonds. The molecule has 0 spiro atoms. The quantitative estimate of drug-likeness (QED) is 0.785. The molecule has 0 aliphatic rings. The Kier molecular flexibility index (Phi) is 6.09. The first-order chi connectivity index (χ1) is 8.61. The van der Waals surface area contributed by atoms with Crippen molar-refractivity contribution >= 4 is 5.69 Å². The van der Waals surface area contributed by atoms with E-state index in [-0.39, 0.29) is 18.5 Å². The van der Waals surface area contributed by atoms with E-state index in [0.717, 1.165) is 25.1 Å². The molecule has 0 aliphatic heterocycles. The number of aliphatic hydroxyl groups excluding tert-OH is 1. The van der Waals surface area contributed by atoms with E-state index in [2.05, 4.69) is 6.92 Å². The maximum absolute atomic E-state index is 13.9. The van der Waals surface area contributed by atoms with Gasteiger partial charge in [0, 0.05) is 30.4 Å². The first-order valence-electron chi connectivity index (χ1n) is 6.51. The summed E-state index contributed by atoms with van der Waals surface area (Å²) in [4.78, 5) is 2.01. The number of benzene rings is 1. The van der Waals surface area contributed by atoms with E-state index in [4.69, 9.17) is 10.8 Å². The van der Waals surface area contributed by atoms with E-state index >= 15 is 0 Å². The smallest absolute Gasteiger partial charge is 0.130 e. The molecule has 1 aromatic carbocycles.